The second-order valence-corrected chi connectivity index (χ2v) is 5.13. The summed E-state index contributed by atoms with van der Waals surface area (Å²) >= 11 is 2.19. The number of hydrogen-bond acceptors (Lipinski definition) is 1. The van der Waals surface area contributed by atoms with Gasteiger partial charge in [0.15, 0.2) is 0 Å². The third-order valence-electron chi connectivity index (χ3n) is 2.64. The van der Waals surface area contributed by atoms with E-state index >= 15 is 0 Å². The first-order valence-corrected chi connectivity index (χ1v) is 6.73. The van der Waals surface area contributed by atoms with Crippen LogP contribution in [0, 0.1) is 16.3 Å². The van der Waals surface area contributed by atoms with Crippen molar-refractivity contribution >= 4 is 40.0 Å². The topological polar surface area (TPSA) is 41.1 Å². The van der Waals surface area contributed by atoms with E-state index in [1.54, 1.807) is 18.2 Å². The van der Waals surface area contributed by atoms with E-state index in [-0.39, 0.29) is 5.69 Å². The molecule has 0 aromatic heterocycles. The van der Waals surface area contributed by atoms with Crippen LogP contribution in [0.5, 0.6) is 0 Å². The zero-order chi connectivity index (χ0) is 13.8. The van der Waals surface area contributed by atoms with Crippen molar-refractivity contribution in [3.8, 4) is 0 Å². The number of urea groups is 1. The standard InChI is InChI=1S/C14H12FIN2O/c1-9-11(16)6-4-8-12(9)17-14(19)18-13-7-3-2-5-10(13)15/h2-8H,1H3,(H2,17,18,19). The van der Waals surface area contributed by atoms with Crippen LogP contribution in [-0.2, 0) is 0 Å². The molecule has 0 atom stereocenters. The molecule has 0 heterocycles. The number of rotatable bonds is 2. The van der Waals surface area contributed by atoms with Gasteiger partial charge in [-0.05, 0) is 59.3 Å². The van der Waals surface area contributed by atoms with Crippen molar-refractivity contribution in [3.63, 3.8) is 0 Å². The predicted octanol–water partition coefficient (Wildman–Crippen LogP) is 4.38. The molecule has 98 valence electrons. The zero-order valence-corrected chi connectivity index (χ0v) is 12.4. The van der Waals surface area contributed by atoms with E-state index in [9.17, 15) is 9.18 Å². The smallest absolute Gasteiger partial charge is 0.307 e. The third-order valence-corrected chi connectivity index (χ3v) is 3.81. The van der Waals surface area contributed by atoms with Crippen LogP contribution >= 0.6 is 22.6 Å². The molecule has 0 fully saturated rings. The summed E-state index contributed by atoms with van der Waals surface area (Å²) in [5, 5.41) is 5.18. The van der Waals surface area contributed by atoms with Gasteiger partial charge in [-0.1, -0.05) is 18.2 Å². The highest BCUT2D eigenvalue weighted by atomic mass is 127. The van der Waals surface area contributed by atoms with Crippen molar-refractivity contribution in [1.82, 2.24) is 0 Å². The van der Waals surface area contributed by atoms with E-state index < -0.39 is 11.8 Å². The Kier molecular flexibility index (Phi) is 4.36. The predicted molar refractivity (Wildman–Crippen MR) is 82.9 cm³/mol. The molecule has 0 saturated heterocycles. The molecular weight excluding hydrogens is 358 g/mol. The molecule has 0 aliphatic heterocycles. The Labute approximate surface area is 124 Å². The van der Waals surface area contributed by atoms with Crippen molar-refractivity contribution in [3.05, 3.63) is 57.4 Å². The number of carbonyl (C=O) groups excluding carboxylic acids is 1. The summed E-state index contributed by atoms with van der Waals surface area (Å²) in [5.41, 5.74) is 1.84. The van der Waals surface area contributed by atoms with Gasteiger partial charge >= 0.3 is 6.03 Å². The Hall–Kier alpha value is -1.63. The Morgan fingerprint density at radius 2 is 1.68 bits per heavy atom. The number of amides is 2. The normalized spacial score (nSPS) is 10.1. The van der Waals surface area contributed by atoms with E-state index in [2.05, 4.69) is 33.2 Å². The fraction of sp³-hybridized carbons (Fsp3) is 0.0714. The maximum absolute atomic E-state index is 13.4. The number of para-hydroxylation sites is 1. The fourth-order valence-electron chi connectivity index (χ4n) is 1.58. The number of anilines is 2. The minimum Gasteiger partial charge on any atom is -0.307 e. The molecule has 0 spiro atoms. The molecule has 2 amide bonds. The first kappa shape index (κ1) is 13.8. The van der Waals surface area contributed by atoms with Crippen LogP contribution in [0.4, 0.5) is 20.6 Å². The minimum absolute atomic E-state index is 0.156. The van der Waals surface area contributed by atoms with Crippen molar-refractivity contribution in [2.24, 2.45) is 0 Å². The molecule has 19 heavy (non-hydrogen) atoms. The largest absolute Gasteiger partial charge is 0.323 e. The van der Waals surface area contributed by atoms with Crippen LogP contribution < -0.4 is 10.6 Å². The van der Waals surface area contributed by atoms with Crippen molar-refractivity contribution in [1.29, 1.82) is 0 Å². The van der Waals surface area contributed by atoms with Gasteiger partial charge < -0.3 is 10.6 Å². The fourth-order valence-corrected chi connectivity index (χ4v) is 2.08. The van der Waals surface area contributed by atoms with Gasteiger partial charge in [-0.3, -0.25) is 0 Å². The van der Waals surface area contributed by atoms with Gasteiger partial charge in [0.25, 0.3) is 0 Å². The van der Waals surface area contributed by atoms with Gasteiger partial charge in [-0.2, -0.15) is 0 Å². The molecule has 5 heteroatoms. The second kappa shape index (κ2) is 6.01. The van der Waals surface area contributed by atoms with Gasteiger partial charge in [0.1, 0.15) is 5.82 Å². The molecule has 0 aliphatic rings. The van der Waals surface area contributed by atoms with Gasteiger partial charge in [0.05, 0.1) is 5.69 Å². The number of benzene rings is 2. The SMILES string of the molecule is Cc1c(I)cccc1NC(=O)Nc1ccccc1F. The van der Waals surface area contributed by atoms with Gasteiger partial charge in [-0.25, -0.2) is 9.18 Å². The molecule has 0 aliphatic carbocycles. The van der Waals surface area contributed by atoms with Crippen molar-refractivity contribution < 1.29 is 9.18 Å². The van der Waals surface area contributed by atoms with Crippen molar-refractivity contribution in [2.75, 3.05) is 10.6 Å². The van der Waals surface area contributed by atoms with E-state index in [1.165, 1.54) is 12.1 Å². The molecule has 2 aromatic carbocycles. The van der Waals surface area contributed by atoms with Gasteiger partial charge in [0, 0.05) is 9.26 Å². The van der Waals surface area contributed by atoms with Crippen LogP contribution in [-0.4, -0.2) is 6.03 Å². The zero-order valence-electron chi connectivity index (χ0n) is 10.2. The van der Waals surface area contributed by atoms with Gasteiger partial charge in [0.2, 0.25) is 0 Å². The first-order valence-electron chi connectivity index (χ1n) is 5.65. The molecule has 0 saturated carbocycles. The van der Waals surface area contributed by atoms with Crippen LogP contribution in [0.25, 0.3) is 0 Å². The first-order chi connectivity index (χ1) is 9.08. The summed E-state index contributed by atoms with van der Waals surface area (Å²) in [6.07, 6.45) is 0. The monoisotopic (exact) mass is 370 g/mol. The summed E-state index contributed by atoms with van der Waals surface area (Å²) in [6, 6.07) is 11.2. The lowest BCUT2D eigenvalue weighted by Crippen LogP contribution is -2.20. The number of hydrogen-bond donors (Lipinski definition) is 2. The Morgan fingerprint density at radius 1 is 1.05 bits per heavy atom. The average Bonchev–Trinajstić information content (AvgIpc) is 2.38. The Bertz CT molecular complexity index is 616. The summed E-state index contributed by atoms with van der Waals surface area (Å²) in [7, 11) is 0. The molecular formula is C14H12FIN2O. The van der Waals surface area contributed by atoms with E-state index in [0.29, 0.717) is 5.69 Å². The maximum Gasteiger partial charge on any atom is 0.323 e. The lowest BCUT2D eigenvalue weighted by Gasteiger charge is -2.11. The summed E-state index contributed by atoms with van der Waals surface area (Å²) in [4.78, 5) is 11.8. The highest BCUT2D eigenvalue weighted by molar-refractivity contribution is 14.1. The quantitative estimate of drug-likeness (QED) is 0.757. The Balaban J connectivity index is 2.10. The van der Waals surface area contributed by atoms with Crippen LogP contribution in [0.2, 0.25) is 0 Å². The molecule has 2 rings (SSSR count). The molecule has 3 nitrogen and oxygen atoms in total. The molecule has 0 bridgehead atoms. The summed E-state index contributed by atoms with van der Waals surface area (Å²) in [6.45, 7) is 1.92. The highest BCUT2D eigenvalue weighted by Crippen LogP contribution is 2.21. The third kappa shape index (κ3) is 3.44. The number of halogens is 2. The van der Waals surface area contributed by atoms with Crippen LogP contribution in [0.3, 0.4) is 0 Å². The minimum atomic E-state index is -0.463. The summed E-state index contributed by atoms with van der Waals surface area (Å²) in [5.74, 6) is -0.461. The number of carbonyl (C=O) groups is 1. The van der Waals surface area contributed by atoms with Crippen LogP contribution in [0.1, 0.15) is 5.56 Å². The maximum atomic E-state index is 13.4. The lowest BCUT2D eigenvalue weighted by atomic mass is 10.2. The highest BCUT2D eigenvalue weighted by Gasteiger charge is 2.08. The summed E-state index contributed by atoms with van der Waals surface area (Å²) < 4.78 is 14.4. The molecule has 0 unspecified atom stereocenters. The Morgan fingerprint density at radius 3 is 2.42 bits per heavy atom. The molecule has 2 N–H and O–H groups in total. The second-order valence-electron chi connectivity index (χ2n) is 3.97. The van der Waals surface area contributed by atoms with Crippen molar-refractivity contribution in [2.45, 2.75) is 6.92 Å². The van der Waals surface area contributed by atoms with E-state index in [0.717, 1.165) is 9.13 Å². The lowest BCUT2D eigenvalue weighted by molar-refractivity contribution is 0.262. The molecule has 2 aromatic rings. The molecule has 0 radical (unpaired) electrons. The van der Waals surface area contributed by atoms with Crippen LogP contribution in [0.15, 0.2) is 42.5 Å². The van der Waals surface area contributed by atoms with E-state index in [1.807, 2.05) is 19.1 Å². The number of nitrogens with one attached hydrogen (secondary N) is 2. The average molecular weight is 370 g/mol. The van der Waals surface area contributed by atoms with Gasteiger partial charge in [-0.15, -0.1) is 0 Å². The van der Waals surface area contributed by atoms with E-state index in [4.69, 9.17) is 0 Å².